The number of halogens is 1. The van der Waals surface area contributed by atoms with Crippen LogP contribution in [0.25, 0.3) is 5.70 Å². The van der Waals surface area contributed by atoms with Gasteiger partial charge in [-0.15, -0.1) is 5.10 Å². The second-order valence-corrected chi connectivity index (χ2v) is 8.09. The number of anilines is 1. The zero-order valence-electron chi connectivity index (χ0n) is 14.7. The number of hydrogen-bond acceptors (Lipinski definition) is 6. The minimum atomic E-state index is -1.53. The molecule has 0 fully saturated rings. The molecule has 0 radical (unpaired) electrons. The summed E-state index contributed by atoms with van der Waals surface area (Å²) in [5.41, 5.74) is -0.0746. The molecule has 3 heterocycles. The van der Waals surface area contributed by atoms with Crippen molar-refractivity contribution < 1.29 is 9.59 Å². The fourth-order valence-corrected chi connectivity index (χ4v) is 4.40. The van der Waals surface area contributed by atoms with Crippen LogP contribution in [0.1, 0.15) is 12.5 Å². The summed E-state index contributed by atoms with van der Waals surface area (Å²) in [5.74, 6) is 0.0180. The SMILES string of the molecule is CCSC1=NN2C(=c3ccccc3=NC23C(=O)Nc2ccc(Cl)cc23)C(=O)N1. The monoisotopic (exact) mass is 411 g/mol. The van der Waals surface area contributed by atoms with E-state index in [-0.39, 0.29) is 17.5 Å². The van der Waals surface area contributed by atoms with Crippen LogP contribution in [0.15, 0.2) is 52.6 Å². The topological polar surface area (TPSA) is 86.2 Å². The van der Waals surface area contributed by atoms with E-state index in [1.807, 2.05) is 19.1 Å². The van der Waals surface area contributed by atoms with Crippen LogP contribution in [0, 0.1) is 0 Å². The van der Waals surface area contributed by atoms with E-state index in [2.05, 4.69) is 15.7 Å². The molecule has 1 atom stereocenters. The number of thioether (sulfide) groups is 1. The Labute approximate surface area is 169 Å². The van der Waals surface area contributed by atoms with Gasteiger partial charge in [0.1, 0.15) is 5.70 Å². The molecule has 0 saturated heterocycles. The Hall–Kier alpha value is -2.84. The maximum absolute atomic E-state index is 13.2. The minimum absolute atomic E-state index is 0.286. The van der Waals surface area contributed by atoms with E-state index in [9.17, 15) is 9.59 Å². The smallest absolute Gasteiger partial charge is 0.279 e. The largest absolute Gasteiger partial charge is 0.321 e. The van der Waals surface area contributed by atoms with Crippen LogP contribution in [0.3, 0.4) is 0 Å². The van der Waals surface area contributed by atoms with E-state index in [4.69, 9.17) is 16.6 Å². The van der Waals surface area contributed by atoms with Gasteiger partial charge in [-0.3, -0.25) is 14.9 Å². The third-order valence-corrected chi connectivity index (χ3v) is 5.77. The molecule has 7 nitrogen and oxygen atoms in total. The zero-order chi connectivity index (χ0) is 19.5. The molecule has 1 spiro atoms. The Balaban J connectivity index is 1.89. The lowest BCUT2D eigenvalue weighted by Gasteiger charge is -2.39. The summed E-state index contributed by atoms with van der Waals surface area (Å²) in [6, 6.07) is 12.3. The second-order valence-electron chi connectivity index (χ2n) is 6.40. The zero-order valence-corrected chi connectivity index (χ0v) is 16.3. The number of fused-ring (bicyclic) bond motifs is 5. The fourth-order valence-electron chi connectivity index (χ4n) is 3.65. The van der Waals surface area contributed by atoms with Crippen molar-refractivity contribution >= 4 is 51.7 Å². The number of hydrazone groups is 1. The van der Waals surface area contributed by atoms with Crippen LogP contribution in [0.4, 0.5) is 5.69 Å². The van der Waals surface area contributed by atoms with E-state index in [1.165, 1.54) is 16.8 Å². The molecule has 2 amide bonds. The number of amides is 2. The van der Waals surface area contributed by atoms with E-state index < -0.39 is 5.66 Å². The van der Waals surface area contributed by atoms with Gasteiger partial charge in [-0.2, -0.15) is 0 Å². The molecule has 3 aliphatic heterocycles. The van der Waals surface area contributed by atoms with Gasteiger partial charge in [0.25, 0.3) is 17.5 Å². The molecule has 0 saturated carbocycles. The third-order valence-electron chi connectivity index (χ3n) is 4.79. The van der Waals surface area contributed by atoms with Crippen molar-refractivity contribution in [3.05, 3.63) is 63.6 Å². The van der Waals surface area contributed by atoms with Crippen LogP contribution < -0.4 is 21.2 Å². The fraction of sp³-hybridized carbons (Fsp3) is 0.158. The molecule has 0 bridgehead atoms. The average molecular weight is 412 g/mol. The minimum Gasteiger partial charge on any atom is -0.321 e. The van der Waals surface area contributed by atoms with Gasteiger partial charge in [-0.25, -0.2) is 10.0 Å². The summed E-state index contributed by atoms with van der Waals surface area (Å²) in [5, 5.41) is 13.8. The summed E-state index contributed by atoms with van der Waals surface area (Å²) in [4.78, 5) is 31.1. The highest BCUT2D eigenvalue weighted by Gasteiger charge is 2.56. The Morgan fingerprint density at radius 3 is 2.82 bits per heavy atom. The van der Waals surface area contributed by atoms with Gasteiger partial charge in [-0.1, -0.05) is 48.5 Å². The molecule has 2 N–H and O–H groups in total. The standard InChI is InChI=1S/C19H14ClN5O2S/c1-2-28-18-22-16(26)15-11-5-3-4-6-13(11)23-19(25(15)24-18)12-9-10(20)7-8-14(12)21-17(19)27/h3-9H,2H2,1H3,(H,21,27)(H,22,24,26). The maximum Gasteiger partial charge on any atom is 0.279 e. The lowest BCUT2D eigenvalue weighted by molar-refractivity contribution is -0.127. The highest BCUT2D eigenvalue weighted by molar-refractivity contribution is 8.13. The van der Waals surface area contributed by atoms with E-state index in [0.717, 1.165) is 5.75 Å². The van der Waals surface area contributed by atoms with Crippen molar-refractivity contribution in [3.8, 4) is 0 Å². The Morgan fingerprint density at radius 1 is 1.18 bits per heavy atom. The Bertz CT molecular complexity index is 1210. The first kappa shape index (κ1) is 17.3. The number of carbonyl (C=O) groups excluding carboxylic acids is 2. The van der Waals surface area contributed by atoms with Crippen LogP contribution in [-0.4, -0.2) is 27.7 Å². The number of benzene rings is 2. The summed E-state index contributed by atoms with van der Waals surface area (Å²) >= 11 is 7.62. The van der Waals surface area contributed by atoms with Gasteiger partial charge in [0.2, 0.25) is 0 Å². The van der Waals surface area contributed by atoms with Gasteiger partial charge in [-0.05, 0) is 30.0 Å². The number of amidine groups is 1. The van der Waals surface area contributed by atoms with E-state index in [1.54, 1.807) is 30.3 Å². The van der Waals surface area contributed by atoms with Crippen molar-refractivity contribution in [1.29, 1.82) is 0 Å². The summed E-state index contributed by atoms with van der Waals surface area (Å²) < 4.78 is 0. The normalized spacial score (nSPS) is 22.0. The average Bonchev–Trinajstić information content (AvgIpc) is 2.94. The molecule has 1 unspecified atom stereocenters. The molecule has 0 aromatic heterocycles. The van der Waals surface area contributed by atoms with Crippen molar-refractivity contribution in [1.82, 2.24) is 10.3 Å². The highest BCUT2D eigenvalue weighted by atomic mass is 35.5. The molecule has 2 aromatic carbocycles. The predicted octanol–water partition coefficient (Wildman–Crippen LogP) is 1.34. The molecule has 3 aliphatic rings. The van der Waals surface area contributed by atoms with Gasteiger partial charge in [0.05, 0.1) is 5.36 Å². The van der Waals surface area contributed by atoms with Crippen LogP contribution in [-0.2, 0) is 15.3 Å². The number of carbonyl (C=O) groups is 2. The number of hydrogen-bond donors (Lipinski definition) is 2. The number of nitrogens with zero attached hydrogens (tertiary/aromatic N) is 3. The number of nitrogens with one attached hydrogen (secondary N) is 2. The summed E-state index contributed by atoms with van der Waals surface area (Å²) in [7, 11) is 0. The van der Waals surface area contributed by atoms with E-state index >= 15 is 0 Å². The molecule has 28 heavy (non-hydrogen) atoms. The van der Waals surface area contributed by atoms with Gasteiger partial charge < -0.3 is 5.32 Å². The Morgan fingerprint density at radius 2 is 2.00 bits per heavy atom. The van der Waals surface area contributed by atoms with Crippen molar-refractivity contribution in [2.45, 2.75) is 12.6 Å². The summed E-state index contributed by atoms with van der Waals surface area (Å²) in [6.07, 6.45) is 0. The van der Waals surface area contributed by atoms with Crippen molar-refractivity contribution in [2.75, 3.05) is 11.1 Å². The lowest BCUT2D eigenvalue weighted by Crippen LogP contribution is -2.59. The third kappa shape index (κ3) is 2.25. The number of para-hydroxylation sites is 1. The molecule has 2 aromatic rings. The Kier molecular flexibility index (Phi) is 3.75. The van der Waals surface area contributed by atoms with Crippen molar-refractivity contribution in [3.63, 3.8) is 0 Å². The first-order chi connectivity index (χ1) is 13.5. The first-order valence-corrected chi connectivity index (χ1v) is 10.0. The highest BCUT2D eigenvalue weighted by Crippen LogP contribution is 2.45. The van der Waals surface area contributed by atoms with Crippen LogP contribution in [0.5, 0.6) is 0 Å². The molecule has 140 valence electrons. The molecule has 9 heteroatoms. The molecular weight excluding hydrogens is 398 g/mol. The lowest BCUT2D eigenvalue weighted by atomic mass is 9.97. The quantitative estimate of drug-likeness (QED) is 0.741. The molecule has 0 aliphatic carbocycles. The first-order valence-electron chi connectivity index (χ1n) is 8.68. The van der Waals surface area contributed by atoms with Gasteiger partial charge in [0, 0.05) is 21.5 Å². The molecular formula is C19H14ClN5O2S. The summed E-state index contributed by atoms with van der Waals surface area (Å²) in [6.45, 7) is 1.96. The van der Waals surface area contributed by atoms with Crippen molar-refractivity contribution in [2.24, 2.45) is 10.1 Å². The number of rotatable bonds is 1. The molecule has 5 rings (SSSR count). The van der Waals surface area contributed by atoms with Gasteiger partial charge in [0.15, 0.2) is 5.17 Å². The van der Waals surface area contributed by atoms with Gasteiger partial charge >= 0.3 is 0 Å². The second kappa shape index (κ2) is 6.08. The van der Waals surface area contributed by atoms with Crippen LogP contribution >= 0.6 is 23.4 Å². The van der Waals surface area contributed by atoms with E-state index in [0.29, 0.717) is 32.0 Å². The maximum atomic E-state index is 13.2. The predicted molar refractivity (Wildman–Crippen MR) is 108 cm³/mol. The van der Waals surface area contributed by atoms with Crippen LogP contribution in [0.2, 0.25) is 5.02 Å².